The van der Waals surface area contributed by atoms with E-state index in [1.807, 2.05) is 24.3 Å². The molecule has 0 spiro atoms. The lowest BCUT2D eigenvalue weighted by atomic mass is 10.3. The van der Waals surface area contributed by atoms with Gasteiger partial charge in [-0.1, -0.05) is 27.7 Å². The standard InChI is InChI=1S/C11H11BrN2OS/c12-9-1-3-10(4-2-9)13-6-8-16-11-14-5-7-15-11/h1-5,7,13H,6,8H2. The highest BCUT2D eigenvalue weighted by Gasteiger charge is 1.97. The van der Waals surface area contributed by atoms with Gasteiger partial charge in [0, 0.05) is 22.5 Å². The average molecular weight is 299 g/mol. The van der Waals surface area contributed by atoms with E-state index in [4.69, 9.17) is 4.42 Å². The zero-order chi connectivity index (χ0) is 11.2. The van der Waals surface area contributed by atoms with Crippen LogP contribution in [0, 0.1) is 0 Å². The van der Waals surface area contributed by atoms with Gasteiger partial charge in [0.15, 0.2) is 0 Å². The summed E-state index contributed by atoms with van der Waals surface area (Å²) >= 11 is 5.00. The zero-order valence-electron chi connectivity index (χ0n) is 8.52. The van der Waals surface area contributed by atoms with Crippen molar-refractivity contribution < 1.29 is 4.42 Å². The molecule has 2 aromatic rings. The highest BCUT2D eigenvalue weighted by atomic mass is 79.9. The molecule has 0 aliphatic rings. The first kappa shape index (κ1) is 11.5. The third kappa shape index (κ3) is 3.57. The van der Waals surface area contributed by atoms with Crippen molar-refractivity contribution in [3.05, 3.63) is 41.2 Å². The minimum atomic E-state index is 0.720. The third-order valence-electron chi connectivity index (χ3n) is 1.91. The molecule has 2 rings (SSSR count). The molecule has 16 heavy (non-hydrogen) atoms. The van der Waals surface area contributed by atoms with E-state index in [1.54, 1.807) is 24.2 Å². The number of rotatable bonds is 5. The van der Waals surface area contributed by atoms with Crippen molar-refractivity contribution in [3.8, 4) is 0 Å². The summed E-state index contributed by atoms with van der Waals surface area (Å²) in [6, 6.07) is 8.12. The summed E-state index contributed by atoms with van der Waals surface area (Å²) < 4.78 is 6.21. The van der Waals surface area contributed by atoms with Crippen LogP contribution in [0.4, 0.5) is 5.69 Å². The van der Waals surface area contributed by atoms with Crippen LogP contribution in [-0.2, 0) is 0 Å². The summed E-state index contributed by atoms with van der Waals surface area (Å²) in [7, 11) is 0. The first-order valence-corrected chi connectivity index (χ1v) is 6.64. The highest BCUT2D eigenvalue weighted by Crippen LogP contribution is 2.16. The molecule has 0 aliphatic heterocycles. The molecule has 1 aromatic heterocycles. The molecular formula is C11H11BrN2OS. The summed E-state index contributed by atoms with van der Waals surface area (Å²) in [5.74, 6) is 0.927. The second kappa shape index (κ2) is 5.96. The maximum atomic E-state index is 5.12. The molecule has 0 atom stereocenters. The SMILES string of the molecule is Brc1ccc(NCCSc2ncco2)cc1. The zero-order valence-corrected chi connectivity index (χ0v) is 10.9. The summed E-state index contributed by atoms with van der Waals surface area (Å²) in [5, 5.41) is 4.04. The topological polar surface area (TPSA) is 38.1 Å². The Bertz CT molecular complexity index is 416. The predicted octanol–water partition coefficient (Wildman–Crippen LogP) is 3.64. The largest absolute Gasteiger partial charge is 0.440 e. The predicted molar refractivity (Wildman–Crippen MR) is 69.9 cm³/mol. The van der Waals surface area contributed by atoms with Crippen LogP contribution in [0.3, 0.4) is 0 Å². The minimum absolute atomic E-state index is 0.720. The van der Waals surface area contributed by atoms with Gasteiger partial charge in [0.05, 0.1) is 6.20 Å². The Morgan fingerprint density at radius 3 is 2.81 bits per heavy atom. The fourth-order valence-electron chi connectivity index (χ4n) is 1.18. The molecule has 3 nitrogen and oxygen atoms in total. The number of hydrogen-bond donors (Lipinski definition) is 1. The fourth-order valence-corrected chi connectivity index (χ4v) is 2.09. The minimum Gasteiger partial charge on any atom is -0.440 e. The van der Waals surface area contributed by atoms with Gasteiger partial charge < -0.3 is 9.73 Å². The van der Waals surface area contributed by atoms with Crippen molar-refractivity contribution in [2.45, 2.75) is 5.22 Å². The van der Waals surface area contributed by atoms with Gasteiger partial charge in [-0.25, -0.2) is 4.98 Å². The molecule has 5 heteroatoms. The second-order valence-electron chi connectivity index (χ2n) is 3.08. The van der Waals surface area contributed by atoms with Crippen molar-refractivity contribution in [2.75, 3.05) is 17.6 Å². The first-order chi connectivity index (χ1) is 7.84. The number of halogens is 1. The molecule has 0 unspecified atom stereocenters. The molecule has 1 aromatic carbocycles. The molecule has 0 fully saturated rings. The van der Waals surface area contributed by atoms with Crippen LogP contribution in [-0.4, -0.2) is 17.3 Å². The first-order valence-electron chi connectivity index (χ1n) is 4.86. The summed E-state index contributed by atoms with van der Waals surface area (Å²) in [6.45, 7) is 0.884. The van der Waals surface area contributed by atoms with Gasteiger partial charge in [-0.2, -0.15) is 0 Å². The van der Waals surface area contributed by atoms with Crippen LogP contribution in [0.2, 0.25) is 0 Å². The quantitative estimate of drug-likeness (QED) is 0.675. The Labute approximate surface area is 107 Å². The monoisotopic (exact) mass is 298 g/mol. The van der Waals surface area contributed by atoms with Crippen LogP contribution >= 0.6 is 27.7 Å². The molecule has 0 radical (unpaired) electrons. The second-order valence-corrected chi connectivity index (χ2v) is 5.04. The Hall–Kier alpha value is -0.940. The van der Waals surface area contributed by atoms with Gasteiger partial charge in [0.1, 0.15) is 6.26 Å². The average Bonchev–Trinajstić information content (AvgIpc) is 2.80. The molecular weight excluding hydrogens is 288 g/mol. The van der Waals surface area contributed by atoms with E-state index in [1.165, 1.54) is 0 Å². The van der Waals surface area contributed by atoms with Gasteiger partial charge in [-0.3, -0.25) is 0 Å². The Balaban J connectivity index is 1.70. The number of nitrogens with zero attached hydrogens (tertiary/aromatic N) is 1. The van der Waals surface area contributed by atoms with E-state index in [0.717, 1.165) is 27.7 Å². The molecule has 1 N–H and O–H groups in total. The number of aromatic nitrogens is 1. The van der Waals surface area contributed by atoms with Crippen molar-refractivity contribution in [3.63, 3.8) is 0 Å². The fraction of sp³-hybridized carbons (Fsp3) is 0.182. The van der Waals surface area contributed by atoms with E-state index < -0.39 is 0 Å². The Morgan fingerprint density at radius 2 is 2.12 bits per heavy atom. The lowest BCUT2D eigenvalue weighted by Gasteiger charge is -2.04. The number of oxazole rings is 1. The molecule has 0 amide bonds. The van der Waals surface area contributed by atoms with Crippen molar-refractivity contribution >= 4 is 33.4 Å². The molecule has 0 bridgehead atoms. The molecule has 1 heterocycles. The normalized spacial score (nSPS) is 10.3. The number of hydrogen-bond acceptors (Lipinski definition) is 4. The van der Waals surface area contributed by atoms with Crippen molar-refractivity contribution in [1.29, 1.82) is 0 Å². The Kier molecular flexibility index (Phi) is 4.30. The maximum Gasteiger partial charge on any atom is 0.255 e. The van der Waals surface area contributed by atoms with E-state index in [-0.39, 0.29) is 0 Å². The summed E-state index contributed by atoms with van der Waals surface area (Å²) in [5.41, 5.74) is 1.12. The highest BCUT2D eigenvalue weighted by molar-refractivity contribution is 9.10. The van der Waals surface area contributed by atoms with Crippen LogP contribution in [0.25, 0.3) is 0 Å². The number of anilines is 1. The van der Waals surface area contributed by atoms with Crippen molar-refractivity contribution in [2.24, 2.45) is 0 Å². The third-order valence-corrected chi connectivity index (χ3v) is 3.30. The molecule has 0 saturated carbocycles. The van der Waals surface area contributed by atoms with Crippen LogP contribution in [0.1, 0.15) is 0 Å². The van der Waals surface area contributed by atoms with Gasteiger partial charge >= 0.3 is 0 Å². The summed E-state index contributed by atoms with van der Waals surface area (Å²) in [6.07, 6.45) is 3.25. The van der Waals surface area contributed by atoms with E-state index in [2.05, 4.69) is 26.2 Å². The van der Waals surface area contributed by atoms with E-state index >= 15 is 0 Å². The van der Waals surface area contributed by atoms with Gasteiger partial charge in [-0.05, 0) is 24.3 Å². The van der Waals surface area contributed by atoms with E-state index in [0.29, 0.717) is 0 Å². The van der Waals surface area contributed by atoms with Gasteiger partial charge in [0.25, 0.3) is 5.22 Å². The molecule has 84 valence electrons. The number of nitrogens with one attached hydrogen (secondary N) is 1. The maximum absolute atomic E-state index is 5.12. The van der Waals surface area contributed by atoms with Gasteiger partial charge in [0.2, 0.25) is 0 Å². The van der Waals surface area contributed by atoms with Crippen LogP contribution in [0.5, 0.6) is 0 Å². The van der Waals surface area contributed by atoms with E-state index in [9.17, 15) is 0 Å². The van der Waals surface area contributed by atoms with Gasteiger partial charge in [-0.15, -0.1) is 0 Å². The summed E-state index contributed by atoms with van der Waals surface area (Å²) in [4.78, 5) is 4.03. The van der Waals surface area contributed by atoms with Crippen molar-refractivity contribution in [1.82, 2.24) is 4.98 Å². The lowest BCUT2D eigenvalue weighted by Crippen LogP contribution is -2.03. The number of benzene rings is 1. The lowest BCUT2D eigenvalue weighted by molar-refractivity contribution is 0.454. The smallest absolute Gasteiger partial charge is 0.255 e. The van der Waals surface area contributed by atoms with Crippen LogP contribution < -0.4 is 5.32 Å². The number of thioether (sulfide) groups is 1. The molecule has 0 aliphatic carbocycles. The Morgan fingerprint density at radius 1 is 1.31 bits per heavy atom. The van der Waals surface area contributed by atoms with Crippen LogP contribution in [0.15, 0.2) is 50.8 Å². The molecule has 0 saturated heterocycles.